The van der Waals surface area contributed by atoms with Crippen molar-refractivity contribution in [3.63, 3.8) is 0 Å². The highest BCUT2D eigenvalue weighted by molar-refractivity contribution is 7.89. The minimum Gasteiger partial charge on any atom is -0.462 e. The number of sulfonamides is 1. The Morgan fingerprint density at radius 3 is 2.41 bits per heavy atom. The summed E-state index contributed by atoms with van der Waals surface area (Å²) in [6.07, 6.45) is 2.01. The van der Waals surface area contributed by atoms with Gasteiger partial charge in [0.15, 0.2) is 0 Å². The lowest BCUT2D eigenvalue weighted by Gasteiger charge is -2.16. The van der Waals surface area contributed by atoms with Gasteiger partial charge in [-0.25, -0.2) is 17.9 Å². The maximum absolute atomic E-state index is 12.3. The van der Waals surface area contributed by atoms with E-state index in [4.69, 9.17) is 10.5 Å². The van der Waals surface area contributed by atoms with Crippen LogP contribution < -0.4 is 10.5 Å². The van der Waals surface area contributed by atoms with Crippen molar-refractivity contribution in [3.8, 4) is 0 Å². The van der Waals surface area contributed by atoms with Gasteiger partial charge in [-0.05, 0) is 49.9 Å². The van der Waals surface area contributed by atoms with Crippen LogP contribution >= 0.6 is 12.4 Å². The number of ether oxygens (including phenoxy) is 1. The molecule has 1 aliphatic rings. The Labute approximate surface area is 136 Å². The molecule has 1 saturated carbocycles. The van der Waals surface area contributed by atoms with Crippen molar-refractivity contribution in [1.82, 2.24) is 4.72 Å². The molecule has 0 bridgehead atoms. The number of hydrogen-bond donors (Lipinski definition) is 2. The number of nitrogens with two attached hydrogens (primary N) is 1. The molecule has 2 rings (SSSR count). The monoisotopic (exact) mass is 348 g/mol. The SMILES string of the molecule is CCOC(=O)c1ccc(S(=O)(=O)NC(CN)C2CC2)cc1.Cl. The summed E-state index contributed by atoms with van der Waals surface area (Å²) in [5.74, 6) is -0.129. The molecule has 0 amide bonds. The van der Waals surface area contributed by atoms with Crippen molar-refractivity contribution in [2.24, 2.45) is 11.7 Å². The Hall–Kier alpha value is -1.15. The minimum absolute atomic E-state index is 0. The lowest BCUT2D eigenvalue weighted by Crippen LogP contribution is -2.41. The van der Waals surface area contributed by atoms with Crippen LogP contribution in [0.1, 0.15) is 30.1 Å². The standard InChI is InChI=1S/C14H20N2O4S.ClH/c1-2-20-14(17)11-5-7-12(8-6-11)21(18,19)16-13(9-15)10-3-4-10;/h5-8,10,13,16H,2-4,9,15H2,1H3;1H. The highest BCUT2D eigenvalue weighted by atomic mass is 35.5. The van der Waals surface area contributed by atoms with Crippen LogP contribution in [-0.4, -0.2) is 33.6 Å². The van der Waals surface area contributed by atoms with E-state index in [-0.39, 0.29) is 36.5 Å². The first-order valence-electron chi connectivity index (χ1n) is 6.97. The van der Waals surface area contributed by atoms with Crippen LogP contribution in [-0.2, 0) is 14.8 Å². The van der Waals surface area contributed by atoms with E-state index >= 15 is 0 Å². The lowest BCUT2D eigenvalue weighted by molar-refractivity contribution is 0.0526. The molecule has 124 valence electrons. The van der Waals surface area contributed by atoms with Crippen molar-refractivity contribution in [3.05, 3.63) is 29.8 Å². The van der Waals surface area contributed by atoms with Crippen molar-refractivity contribution in [2.75, 3.05) is 13.2 Å². The van der Waals surface area contributed by atoms with Gasteiger partial charge in [-0.2, -0.15) is 0 Å². The number of esters is 1. The fourth-order valence-electron chi connectivity index (χ4n) is 2.09. The Morgan fingerprint density at radius 2 is 1.95 bits per heavy atom. The maximum Gasteiger partial charge on any atom is 0.338 e. The van der Waals surface area contributed by atoms with E-state index in [1.165, 1.54) is 24.3 Å². The molecule has 8 heteroatoms. The van der Waals surface area contributed by atoms with Gasteiger partial charge in [-0.15, -0.1) is 12.4 Å². The van der Waals surface area contributed by atoms with E-state index in [0.29, 0.717) is 11.5 Å². The first-order chi connectivity index (χ1) is 9.97. The maximum atomic E-state index is 12.3. The molecule has 0 aromatic heterocycles. The van der Waals surface area contributed by atoms with Crippen molar-refractivity contribution >= 4 is 28.4 Å². The topological polar surface area (TPSA) is 98.5 Å². The van der Waals surface area contributed by atoms with Crippen LogP contribution in [0.5, 0.6) is 0 Å². The third-order valence-corrected chi connectivity index (χ3v) is 4.93. The van der Waals surface area contributed by atoms with Crippen molar-refractivity contribution in [1.29, 1.82) is 0 Å². The summed E-state index contributed by atoms with van der Waals surface area (Å²) in [6, 6.07) is 5.46. The van der Waals surface area contributed by atoms with Gasteiger partial charge in [0, 0.05) is 12.6 Å². The molecule has 0 saturated heterocycles. The largest absolute Gasteiger partial charge is 0.462 e. The smallest absolute Gasteiger partial charge is 0.338 e. The molecular formula is C14H21ClN2O4S. The predicted octanol–water partition coefficient (Wildman–Crippen LogP) is 1.30. The highest BCUT2D eigenvalue weighted by Gasteiger charge is 2.33. The highest BCUT2D eigenvalue weighted by Crippen LogP contribution is 2.32. The van der Waals surface area contributed by atoms with Crippen LogP contribution in [0.15, 0.2) is 29.2 Å². The fourth-order valence-corrected chi connectivity index (χ4v) is 3.41. The average molecular weight is 349 g/mol. The zero-order chi connectivity index (χ0) is 15.5. The van der Waals surface area contributed by atoms with Gasteiger partial charge in [-0.1, -0.05) is 0 Å². The van der Waals surface area contributed by atoms with Crippen molar-refractivity contribution < 1.29 is 17.9 Å². The average Bonchev–Trinajstić information content (AvgIpc) is 3.30. The molecule has 6 nitrogen and oxygen atoms in total. The zero-order valence-corrected chi connectivity index (χ0v) is 14.0. The van der Waals surface area contributed by atoms with Crippen LogP contribution in [0.2, 0.25) is 0 Å². The summed E-state index contributed by atoms with van der Waals surface area (Å²) in [5.41, 5.74) is 5.94. The summed E-state index contributed by atoms with van der Waals surface area (Å²) >= 11 is 0. The molecule has 1 aliphatic carbocycles. The summed E-state index contributed by atoms with van der Waals surface area (Å²) < 4.78 is 32.0. The number of carbonyl (C=O) groups excluding carboxylic acids is 1. The molecular weight excluding hydrogens is 328 g/mol. The van der Waals surface area contributed by atoms with Crippen LogP contribution in [0.3, 0.4) is 0 Å². The molecule has 1 atom stereocenters. The number of hydrogen-bond acceptors (Lipinski definition) is 5. The number of halogens is 1. The summed E-state index contributed by atoms with van der Waals surface area (Å²) in [4.78, 5) is 11.6. The zero-order valence-electron chi connectivity index (χ0n) is 12.3. The van der Waals surface area contributed by atoms with Gasteiger partial charge in [0.25, 0.3) is 0 Å². The minimum atomic E-state index is -3.61. The molecule has 0 aliphatic heterocycles. The normalized spacial score (nSPS) is 15.7. The second-order valence-corrected chi connectivity index (χ2v) is 6.76. The van der Waals surface area contributed by atoms with Gasteiger partial charge in [0.1, 0.15) is 0 Å². The molecule has 22 heavy (non-hydrogen) atoms. The van der Waals surface area contributed by atoms with Gasteiger partial charge in [0.05, 0.1) is 17.1 Å². The van der Waals surface area contributed by atoms with Crippen LogP contribution in [0, 0.1) is 5.92 Å². The Bertz CT molecular complexity index is 600. The molecule has 0 heterocycles. The van der Waals surface area contributed by atoms with E-state index in [0.717, 1.165) is 12.8 Å². The van der Waals surface area contributed by atoms with Crippen LogP contribution in [0.25, 0.3) is 0 Å². The second-order valence-electron chi connectivity index (χ2n) is 5.05. The Balaban J connectivity index is 0.00000242. The summed E-state index contributed by atoms with van der Waals surface area (Å²) in [6.45, 7) is 2.27. The van der Waals surface area contributed by atoms with Crippen molar-refractivity contribution in [2.45, 2.75) is 30.7 Å². The van der Waals surface area contributed by atoms with E-state index in [2.05, 4.69) is 4.72 Å². The summed E-state index contributed by atoms with van der Waals surface area (Å²) in [7, 11) is -3.61. The number of rotatable bonds is 7. The second kappa shape index (κ2) is 7.92. The lowest BCUT2D eigenvalue weighted by atomic mass is 10.2. The Morgan fingerprint density at radius 1 is 1.36 bits per heavy atom. The first-order valence-corrected chi connectivity index (χ1v) is 8.46. The Kier molecular flexibility index (Phi) is 6.80. The number of carbonyl (C=O) groups is 1. The van der Waals surface area contributed by atoms with E-state index in [9.17, 15) is 13.2 Å². The molecule has 3 N–H and O–H groups in total. The number of nitrogens with one attached hydrogen (secondary N) is 1. The molecule has 1 aromatic rings. The van der Waals surface area contributed by atoms with E-state index < -0.39 is 16.0 Å². The van der Waals surface area contributed by atoms with E-state index in [1.54, 1.807) is 6.92 Å². The van der Waals surface area contributed by atoms with Crippen LogP contribution in [0.4, 0.5) is 0 Å². The quantitative estimate of drug-likeness (QED) is 0.724. The molecule has 1 unspecified atom stereocenters. The predicted molar refractivity (Wildman–Crippen MR) is 85.5 cm³/mol. The molecule has 1 fully saturated rings. The molecule has 0 radical (unpaired) electrons. The summed E-state index contributed by atoms with van der Waals surface area (Å²) in [5, 5.41) is 0. The number of benzene rings is 1. The van der Waals surface area contributed by atoms with Gasteiger partial charge in [-0.3, -0.25) is 0 Å². The molecule has 0 spiro atoms. The van der Waals surface area contributed by atoms with Gasteiger partial charge in [0.2, 0.25) is 10.0 Å². The third kappa shape index (κ3) is 4.67. The van der Waals surface area contributed by atoms with Gasteiger partial charge < -0.3 is 10.5 Å². The first kappa shape index (κ1) is 18.9. The van der Waals surface area contributed by atoms with E-state index in [1.807, 2.05) is 0 Å². The fraction of sp³-hybridized carbons (Fsp3) is 0.500. The third-order valence-electron chi connectivity index (χ3n) is 3.43. The molecule has 1 aromatic carbocycles. The van der Waals surface area contributed by atoms with Gasteiger partial charge >= 0.3 is 5.97 Å².